The van der Waals surface area contributed by atoms with E-state index < -0.39 is 0 Å². The Kier molecular flexibility index (Phi) is 1.52. The molecular weight excluding hydrogens is 164 g/mol. The van der Waals surface area contributed by atoms with Gasteiger partial charge in [-0.05, 0) is 25.5 Å². The van der Waals surface area contributed by atoms with Crippen LogP contribution in [-0.4, -0.2) is 14.6 Å². The maximum absolute atomic E-state index is 8.76. The summed E-state index contributed by atoms with van der Waals surface area (Å²) in [4.78, 5) is 4.11. The highest BCUT2D eigenvalue weighted by atomic mass is 15.3. The molecule has 2 rings (SSSR count). The zero-order valence-electron chi connectivity index (χ0n) is 7.44. The number of aromatic nitrogens is 3. The van der Waals surface area contributed by atoms with Gasteiger partial charge in [0.05, 0.1) is 11.9 Å². The van der Waals surface area contributed by atoms with Crippen molar-refractivity contribution in [1.29, 1.82) is 5.26 Å². The quantitative estimate of drug-likeness (QED) is 0.600. The molecule has 0 fully saturated rings. The minimum atomic E-state index is 0.474. The Labute approximate surface area is 75.4 Å². The molecule has 2 heterocycles. The van der Waals surface area contributed by atoms with Gasteiger partial charge in [0.2, 0.25) is 0 Å². The molecule has 0 saturated carbocycles. The molecule has 13 heavy (non-hydrogen) atoms. The van der Waals surface area contributed by atoms with E-state index in [4.69, 9.17) is 5.26 Å². The highest BCUT2D eigenvalue weighted by Crippen LogP contribution is 2.09. The van der Waals surface area contributed by atoms with Crippen LogP contribution in [0.3, 0.4) is 0 Å². The predicted molar refractivity (Wildman–Crippen MR) is 47.2 cm³/mol. The molecule has 0 aliphatic carbocycles. The van der Waals surface area contributed by atoms with Crippen molar-refractivity contribution >= 4 is 5.65 Å². The van der Waals surface area contributed by atoms with Crippen LogP contribution in [0.1, 0.15) is 17.0 Å². The molecule has 4 nitrogen and oxygen atoms in total. The maximum Gasteiger partial charge on any atom is 0.162 e. The third-order valence-corrected chi connectivity index (χ3v) is 1.89. The van der Waals surface area contributed by atoms with Gasteiger partial charge in [-0.3, -0.25) is 0 Å². The van der Waals surface area contributed by atoms with Crippen LogP contribution in [0.4, 0.5) is 0 Å². The zero-order valence-corrected chi connectivity index (χ0v) is 7.44. The van der Waals surface area contributed by atoms with Crippen LogP contribution >= 0.6 is 0 Å². The highest BCUT2D eigenvalue weighted by Gasteiger charge is 2.05. The van der Waals surface area contributed by atoms with Crippen LogP contribution in [-0.2, 0) is 0 Å². The SMILES string of the molecule is Cc1cc(C)c2ncc(C#N)n2n1. The lowest BCUT2D eigenvalue weighted by Gasteiger charge is -1.98. The molecule has 2 aromatic rings. The van der Waals surface area contributed by atoms with Crippen LogP contribution in [0, 0.1) is 25.2 Å². The molecule has 0 bridgehead atoms. The highest BCUT2D eigenvalue weighted by molar-refractivity contribution is 5.49. The summed E-state index contributed by atoms with van der Waals surface area (Å²) in [7, 11) is 0. The first-order valence-electron chi connectivity index (χ1n) is 3.94. The van der Waals surface area contributed by atoms with Crippen LogP contribution in [0.25, 0.3) is 5.65 Å². The van der Waals surface area contributed by atoms with Gasteiger partial charge in [0.1, 0.15) is 6.07 Å². The van der Waals surface area contributed by atoms with Crippen molar-refractivity contribution in [3.05, 3.63) is 29.2 Å². The van der Waals surface area contributed by atoms with E-state index in [1.54, 1.807) is 4.52 Å². The molecule has 64 valence electrons. The molecule has 4 heteroatoms. The van der Waals surface area contributed by atoms with Gasteiger partial charge in [0, 0.05) is 0 Å². The lowest BCUT2D eigenvalue weighted by molar-refractivity contribution is 0.881. The first-order valence-corrected chi connectivity index (χ1v) is 3.94. The summed E-state index contributed by atoms with van der Waals surface area (Å²) in [6.07, 6.45) is 1.54. The van der Waals surface area contributed by atoms with E-state index in [9.17, 15) is 0 Å². The Bertz CT molecular complexity index is 504. The van der Waals surface area contributed by atoms with Crippen molar-refractivity contribution in [2.75, 3.05) is 0 Å². The number of imidazole rings is 1. The van der Waals surface area contributed by atoms with Crippen LogP contribution in [0.2, 0.25) is 0 Å². The van der Waals surface area contributed by atoms with Crippen LogP contribution in [0.5, 0.6) is 0 Å². The summed E-state index contributed by atoms with van der Waals surface area (Å²) in [6.45, 7) is 3.85. The average Bonchev–Trinajstić information content (AvgIpc) is 2.47. The second-order valence-corrected chi connectivity index (χ2v) is 2.96. The average molecular weight is 172 g/mol. The molecule has 0 aliphatic rings. The number of nitrogens with zero attached hydrogens (tertiary/aromatic N) is 4. The third kappa shape index (κ3) is 1.05. The minimum absolute atomic E-state index is 0.474. The van der Waals surface area contributed by atoms with E-state index in [0.717, 1.165) is 16.9 Å². The fourth-order valence-corrected chi connectivity index (χ4v) is 1.36. The van der Waals surface area contributed by atoms with Gasteiger partial charge in [-0.2, -0.15) is 10.4 Å². The van der Waals surface area contributed by atoms with Crippen LogP contribution < -0.4 is 0 Å². The minimum Gasteiger partial charge on any atom is -0.234 e. The molecule has 2 aromatic heterocycles. The topological polar surface area (TPSA) is 54.0 Å². The van der Waals surface area contributed by atoms with Crippen molar-refractivity contribution in [3.63, 3.8) is 0 Å². The number of hydrogen-bond acceptors (Lipinski definition) is 3. The lowest BCUT2D eigenvalue weighted by atomic mass is 10.3. The van der Waals surface area contributed by atoms with Crippen molar-refractivity contribution in [2.45, 2.75) is 13.8 Å². The number of aryl methyl sites for hydroxylation is 2. The predicted octanol–water partition coefficient (Wildman–Crippen LogP) is 1.22. The number of rotatable bonds is 0. The van der Waals surface area contributed by atoms with Gasteiger partial charge in [-0.1, -0.05) is 0 Å². The zero-order chi connectivity index (χ0) is 9.42. The largest absolute Gasteiger partial charge is 0.234 e. The summed E-state index contributed by atoms with van der Waals surface area (Å²) >= 11 is 0. The number of fused-ring (bicyclic) bond motifs is 1. The van der Waals surface area contributed by atoms with Gasteiger partial charge < -0.3 is 0 Å². The van der Waals surface area contributed by atoms with Gasteiger partial charge in [0.25, 0.3) is 0 Å². The second kappa shape index (κ2) is 2.56. The molecule has 0 amide bonds. The van der Waals surface area contributed by atoms with Gasteiger partial charge in [0.15, 0.2) is 11.3 Å². The van der Waals surface area contributed by atoms with Crippen molar-refractivity contribution in [3.8, 4) is 6.07 Å². The number of nitriles is 1. The maximum atomic E-state index is 8.76. The molecular formula is C9H8N4. The molecule has 0 saturated heterocycles. The van der Waals surface area contributed by atoms with Gasteiger partial charge in [-0.25, -0.2) is 9.50 Å². The van der Waals surface area contributed by atoms with E-state index in [0.29, 0.717) is 5.69 Å². The lowest BCUT2D eigenvalue weighted by Crippen LogP contribution is -1.98. The Hall–Kier alpha value is -1.89. The Morgan fingerprint density at radius 2 is 2.23 bits per heavy atom. The Morgan fingerprint density at radius 1 is 1.46 bits per heavy atom. The summed E-state index contributed by atoms with van der Waals surface area (Å²) in [5.41, 5.74) is 3.15. The van der Waals surface area contributed by atoms with E-state index in [-0.39, 0.29) is 0 Å². The molecule has 0 aliphatic heterocycles. The van der Waals surface area contributed by atoms with Crippen molar-refractivity contribution in [1.82, 2.24) is 14.6 Å². The molecule has 0 aromatic carbocycles. The fourth-order valence-electron chi connectivity index (χ4n) is 1.36. The standard InChI is InChI=1S/C9H8N4/c1-6-3-7(2)12-13-8(4-10)5-11-9(6)13/h3,5H,1-2H3. The summed E-state index contributed by atoms with van der Waals surface area (Å²) in [6, 6.07) is 3.99. The van der Waals surface area contributed by atoms with E-state index in [2.05, 4.69) is 10.1 Å². The van der Waals surface area contributed by atoms with Crippen molar-refractivity contribution in [2.24, 2.45) is 0 Å². The summed E-state index contributed by atoms with van der Waals surface area (Å²) in [5, 5.41) is 13.0. The van der Waals surface area contributed by atoms with Crippen molar-refractivity contribution < 1.29 is 0 Å². The monoisotopic (exact) mass is 172 g/mol. The van der Waals surface area contributed by atoms with E-state index in [1.807, 2.05) is 26.0 Å². The van der Waals surface area contributed by atoms with E-state index in [1.165, 1.54) is 6.20 Å². The van der Waals surface area contributed by atoms with Gasteiger partial charge >= 0.3 is 0 Å². The molecule has 0 unspecified atom stereocenters. The molecule has 0 atom stereocenters. The summed E-state index contributed by atoms with van der Waals surface area (Å²) < 4.78 is 1.57. The molecule has 0 radical (unpaired) electrons. The normalized spacial score (nSPS) is 10.2. The van der Waals surface area contributed by atoms with Gasteiger partial charge in [-0.15, -0.1) is 0 Å². The Balaban J connectivity index is 2.92. The van der Waals surface area contributed by atoms with E-state index >= 15 is 0 Å². The molecule has 0 N–H and O–H groups in total. The first kappa shape index (κ1) is 7.74. The smallest absolute Gasteiger partial charge is 0.162 e. The third-order valence-electron chi connectivity index (χ3n) is 1.89. The molecule has 0 spiro atoms. The fraction of sp³-hybridized carbons (Fsp3) is 0.222. The van der Waals surface area contributed by atoms with Crippen LogP contribution in [0.15, 0.2) is 12.3 Å². The first-order chi connectivity index (χ1) is 6.22. The second-order valence-electron chi connectivity index (χ2n) is 2.96. The summed E-state index contributed by atoms with van der Waals surface area (Å²) in [5.74, 6) is 0. The number of hydrogen-bond donors (Lipinski definition) is 0. The Morgan fingerprint density at radius 3 is 2.92 bits per heavy atom.